The van der Waals surface area contributed by atoms with Gasteiger partial charge in [0.2, 0.25) is 0 Å². The zero-order valence-corrected chi connectivity index (χ0v) is 14.1. The van der Waals surface area contributed by atoms with Gasteiger partial charge in [-0.05, 0) is 42.8 Å². The van der Waals surface area contributed by atoms with E-state index in [1.165, 1.54) is 0 Å². The minimum absolute atomic E-state index is 0.0154. The number of hydrogen-bond donors (Lipinski definition) is 1. The maximum atomic E-state index is 6.03. The minimum atomic E-state index is -0.0154. The quantitative estimate of drug-likeness (QED) is 0.718. The van der Waals surface area contributed by atoms with Crippen molar-refractivity contribution in [3.8, 4) is 0 Å². The summed E-state index contributed by atoms with van der Waals surface area (Å²) in [4.78, 5) is 2.15. The van der Waals surface area contributed by atoms with Gasteiger partial charge in [-0.2, -0.15) is 0 Å². The third kappa shape index (κ3) is 3.89. The van der Waals surface area contributed by atoms with Crippen LogP contribution in [-0.2, 0) is 0 Å². The van der Waals surface area contributed by atoms with Crippen LogP contribution in [0.5, 0.6) is 0 Å². The predicted molar refractivity (Wildman–Crippen MR) is 87.3 cm³/mol. The van der Waals surface area contributed by atoms with E-state index in [4.69, 9.17) is 28.9 Å². The van der Waals surface area contributed by atoms with Gasteiger partial charge in [-0.25, -0.2) is 0 Å². The van der Waals surface area contributed by atoms with Crippen LogP contribution in [0, 0.1) is 0 Å². The molecule has 2 rings (SSSR count). The molecular formula is C14H12BrCl2NS. The predicted octanol–water partition coefficient (Wildman–Crippen LogP) is 5.93. The van der Waals surface area contributed by atoms with E-state index in [0.29, 0.717) is 10.0 Å². The van der Waals surface area contributed by atoms with Crippen molar-refractivity contribution >= 4 is 50.9 Å². The molecule has 0 aromatic heterocycles. The maximum Gasteiger partial charge on any atom is 0.0603 e. The van der Waals surface area contributed by atoms with Gasteiger partial charge in [-0.3, -0.25) is 0 Å². The highest BCUT2D eigenvalue weighted by Crippen LogP contribution is 2.37. The average molecular weight is 377 g/mol. The van der Waals surface area contributed by atoms with Gasteiger partial charge in [0, 0.05) is 20.3 Å². The Kier molecular flexibility index (Phi) is 5.21. The first-order valence-electron chi connectivity index (χ1n) is 5.65. The van der Waals surface area contributed by atoms with Crippen LogP contribution in [0.25, 0.3) is 0 Å². The number of halogens is 3. The highest BCUT2D eigenvalue weighted by molar-refractivity contribution is 9.10. The molecule has 0 amide bonds. The Labute approximate surface area is 135 Å². The van der Waals surface area contributed by atoms with Gasteiger partial charge in [-0.1, -0.05) is 57.0 Å². The van der Waals surface area contributed by atoms with E-state index < -0.39 is 0 Å². The Morgan fingerprint density at radius 1 is 1.11 bits per heavy atom. The maximum absolute atomic E-state index is 6.03. The standard InChI is InChI=1S/C14H12BrCl2NS/c1-8(18)11-4-2-9(15)6-14(11)19-10-3-5-12(16)13(17)7-10/h2-8H,18H2,1H3. The van der Waals surface area contributed by atoms with Gasteiger partial charge in [0.1, 0.15) is 0 Å². The molecule has 0 spiro atoms. The third-order valence-corrected chi connectivity index (χ3v) is 4.88. The first kappa shape index (κ1) is 15.2. The molecule has 0 aliphatic heterocycles. The van der Waals surface area contributed by atoms with E-state index in [9.17, 15) is 0 Å². The van der Waals surface area contributed by atoms with Crippen molar-refractivity contribution in [2.45, 2.75) is 22.8 Å². The van der Waals surface area contributed by atoms with E-state index in [0.717, 1.165) is 19.8 Å². The molecular weight excluding hydrogens is 365 g/mol. The lowest BCUT2D eigenvalue weighted by Crippen LogP contribution is -2.06. The van der Waals surface area contributed by atoms with Crippen molar-refractivity contribution in [1.82, 2.24) is 0 Å². The summed E-state index contributed by atoms with van der Waals surface area (Å²) in [5.41, 5.74) is 7.11. The fourth-order valence-electron chi connectivity index (χ4n) is 1.64. The molecule has 1 nitrogen and oxygen atoms in total. The molecule has 0 fully saturated rings. The van der Waals surface area contributed by atoms with E-state index in [-0.39, 0.29) is 6.04 Å². The lowest BCUT2D eigenvalue weighted by Gasteiger charge is -2.13. The molecule has 1 atom stereocenters. The Morgan fingerprint density at radius 3 is 2.47 bits per heavy atom. The second kappa shape index (κ2) is 6.51. The van der Waals surface area contributed by atoms with Gasteiger partial charge in [0.25, 0.3) is 0 Å². The average Bonchev–Trinajstić information content (AvgIpc) is 2.33. The molecule has 0 radical (unpaired) electrons. The topological polar surface area (TPSA) is 26.0 Å². The van der Waals surface area contributed by atoms with Crippen LogP contribution >= 0.6 is 50.9 Å². The number of rotatable bonds is 3. The minimum Gasteiger partial charge on any atom is -0.324 e. The lowest BCUT2D eigenvalue weighted by atomic mass is 10.1. The van der Waals surface area contributed by atoms with Crippen LogP contribution in [0.2, 0.25) is 10.0 Å². The smallest absolute Gasteiger partial charge is 0.0603 e. The van der Waals surface area contributed by atoms with E-state index in [1.54, 1.807) is 17.8 Å². The summed E-state index contributed by atoms with van der Waals surface area (Å²) < 4.78 is 1.03. The Balaban J connectivity index is 2.36. The third-order valence-electron chi connectivity index (χ3n) is 2.59. The van der Waals surface area contributed by atoms with Crippen molar-refractivity contribution in [3.05, 3.63) is 56.5 Å². The summed E-state index contributed by atoms with van der Waals surface area (Å²) in [6.45, 7) is 1.97. The largest absolute Gasteiger partial charge is 0.324 e. The molecule has 2 aromatic carbocycles. The highest BCUT2D eigenvalue weighted by atomic mass is 79.9. The second-order valence-electron chi connectivity index (χ2n) is 4.15. The van der Waals surface area contributed by atoms with Gasteiger partial charge in [0.15, 0.2) is 0 Å². The lowest BCUT2D eigenvalue weighted by molar-refractivity contribution is 0.797. The molecule has 0 saturated heterocycles. The normalized spacial score (nSPS) is 12.5. The number of benzene rings is 2. The SMILES string of the molecule is CC(N)c1ccc(Br)cc1Sc1ccc(Cl)c(Cl)c1. The molecule has 0 aliphatic rings. The summed E-state index contributed by atoms with van der Waals surface area (Å²) in [6, 6.07) is 11.7. The molecule has 0 saturated carbocycles. The molecule has 5 heteroatoms. The molecule has 2 N–H and O–H groups in total. The van der Waals surface area contributed by atoms with Gasteiger partial charge >= 0.3 is 0 Å². The molecule has 19 heavy (non-hydrogen) atoms. The van der Waals surface area contributed by atoms with Crippen molar-refractivity contribution in [1.29, 1.82) is 0 Å². The summed E-state index contributed by atoms with van der Waals surface area (Å²) in [7, 11) is 0. The van der Waals surface area contributed by atoms with Crippen LogP contribution < -0.4 is 5.73 Å². The molecule has 1 unspecified atom stereocenters. The van der Waals surface area contributed by atoms with Gasteiger partial charge in [-0.15, -0.1) is 0 Å². The van der Waals surface area contributed by atoms with Crippen LogP contribution in [0.1, 0.15) is 18.5 Å². The fourth-order valence-corrected chi connectivity index (χ4v) is 3.64. The van der Waals surface area contributed by atoms with Crippen LogP contribution in [0.3, 0.4) is 0 Å². The van der Waals surface area contributed by atoms with Crippen molar-refractivity contribution < 1.29 is 0 Å². The number of nitrogens with two attached hydrogens (primary N) is 1. The monoisotopic (exact) mass is 375 g/mol. The summed E-state index contributed by atoms with van der Waals surface area (Å²) in [5.74, 6) is 0. The van der Waals surface area contributed by atoms with Crippen molar-refractivity contribution in [2.75, 3.05) is 0 Å². The van der Waals surface area contributed by atoms with Crippen molar-refractivity contribution in [2.24, 2.45) is 5.73 Å². The van der Waals surface area contributed by atoms with Gasteiger partial charge < -0.3 is 5.73 Å². The van der Waals surface area contributed by atoms with E-state index >= 15 is 0 Å². The second-order valence-corrected chi connectivity index (χ2v) is 6.99. The first-order chi connectivity index (χ1) is 8.97. The van der Waals surface area contributed by atoms with Crippen LogP contribution in [0.15, 0.2) is 50.7 Å². The molecule has 2 aromatic rings. The summed E-state index contributed by atoms with van der Waals surface area (Å²) >= 11 is 17.1. The fraction of sp³-hybridized carbons (Fsp3) is 0.143. The molecule has 0 heterocycles. The van der Waals surface area contributed by atoms with E-state index in [1.807, 2.05) is 31.2 Å². The summed E-state index contributed by atoms with van der Waals surface area (Å²) in [6.07, 6.45) is 0. The zero-order chi connectivity index (χ0) is 14.0. The Hall–Kier alpha value is -0.190. The van der Waals surface area contributed by atoms with Crippen molar-refractivity contribution in [3.63, 3.8) is 0 Å². The first-order valence-corrected chi connectivity index (χ1v) is 8.02. The highest BCUT2D eigenvalue weighted by Gasteiger charge is 2.10. The van der Waals surface area contributed by atoms with Gasteiger partial charge in [0.05, 0.1) is 10.0 Å². The molecule has 0 aliphatic carbocycles. The Bertz CT molecular complexity index is 602. The molecule has 0 bridgehead atoms. The molecule has 100 valence electrons. The zero-order valence-electron chi connectivity index (χ0n) is 10.2. The number of hydrogen-bond acceptors (Lipinski definition) is 2. The van der Waals surface area contributed by atoms with Crippen LogP contribution in [0.4, 0.5) is 0 Å². The van der Waals surface area contributed by atoms with E-state index in [2.05, 4.69) is 22.0 Å². The van der Waals surface area contributed by atoms with Crippen LogP contribution in [-0.4, -0.2) is 0 Å². The Morgan fingerprint density at radius 2 is 1.84 bits per heavy atom. The summed E-state index contributed by atoms with van der Waals surface area (Å²) in [5, 5.41) is 1.12.